The maximum absolute atomic E-state index is 12.0. The van der Waals surface area contributed by atoms with E-state index in [1.54, 1.807) is 54.6 Å². The Morgan fingerprint density at radius 1 is 1.21 bits per heavy atom. The van der Waals surface area contributed by atoms with E-state index in [1.165, 1.54) is 6.92 Å². The maximum atomic E-state index is 12.0. The Hall–Kier alpha value is -2.92. The van der Waals surface area contributed by atoms with Crippen LogP contribution in [0.15, 0.2) is 59.2 Å². The number of carbonyl (C=O) groups is 2. The van der Waals surface area contributed by atoms with E-state index in [0.717, 1.165) is 5.56 Å². The number of halogens is 1. The van der Waals surface area contributed by atoms with Crippen molar-refractivity contribution in [2.75, 3.05) is 0 Å². The normalized spacial score (nSPS) is 15.2. The third-order valence-corrected chi connectivity index (χ3v) is 3.37. The summed E-state index contributed by atoms with van der Waals surface area (Å²) in [7, 11) is 0. The summed E-state index contributed by atoms with van der Waals surface area (Å²) in [4.78, 5) is 27.1. The average Bonchev–Trinajstić information content (AvgIpc) is 2.90. The summed E-state index contributed by atoms with van der Waals surface area (Å²) >= 11 is 5.93. The molecule has 120 valence electrons. The molecule has 0 amide bonds. The van der Waals surface area contributed by atoms with Crippen LogP contribution < -0.4 is 4.74 Å². The van der Waals surface area contributed by atoms with E-state index in [-0.39, 0.29) is 11.6 Å². The van der Waals surface area contributed by atoms with Crippen molar-refractivity contribution in [1.82, 2.24) is 0 Å². The molecule has 0 N–H and O–H groups in total. The molecule has 0 radical (unpaired) electrons. The number of cyclic esters (lactones) is 1. The number of rotatable bonds is 3. The minimum Gasteiger partial charge on any atom is -0.427 e. The lowest BCUT2D eigenvalue weighted by Crippen LogP contribution is -2.05. The Balaban J connectivity index is 1.84. The molecule has 1 aliphatic heterocycles. The third kappa shape index (κ3) is 3.70. The minimum absolute atomic E-state index is 0.185. The van der Waals surface area contributed by atoms with Gasteiger partial charge in [-0.3, -0.25) is 4.79 Å². The van der Waals surface area contributed by atoms with Gasteiger partial charge in [0.1, 0.15) is 5.75 Å². The second kappa shape index (κ2) is 6.68. The highest BCUT2D eigenvalue weighted by atomic mass is 35.5. The van der Waals surface area contributed by atoms with Gasteiger partial charge in [-0.25, -0.2) is 9.79 Å². The number of nitrogens with zero attached hydrogens (tertiary/aromatic N) is 1. The fraction of sp³-hybridized carbons (Fsp3) is 0.0556. The number of carbonyl (C=O) groups excluding carboxylic acids is 2. The summed E-state index contributed by atoms with van der Waals surface area (Å²) in [6.45, 7) is 1.33. The van der Waals surface area contributed by atoms with Gasteiger partial charge in [0.2, 0.25) is 5.90 Å². The first-order valence-electron chi connectivity index (χ1n) is 7.08. The van der Waals surface area contributed by atoms with E-state index in [2.05, 4.69) is 4.99 Å². The van der Waals surface area contributed by atoms with Crippen molar-refractivity contribution < 1.29 is 19.1 Å². The summed E-state index contributed by atoms with van der Waals surface area (Å²) in [5, 5.41) is 0.532. The summed E-state index contributed by atoms with van der Waals surface area (Å²) in [6, 6.07) is 13.6. The van der Waals surface area contributed by atoms with Crippen molar-refractivity contribution in [1.29, 1.82) is 0 Å². The zero-order chi connectivity index (χ0) is 17.1. The van der Waals surface area contributed by atoms with Crippen LogP contribution in [0.2, 0.25) is 5.02 Å². The lowest BCUT2D eigenvalue weighted by Gasteiger charge is -2.00. The van der Waals surface area contributed by atoms with Crippen LogP contribution in [-0.2, 0) is 14.3 Å². The molecular formula is C18H12ClNO4. The molecule has 2 aromatic rings. The van der Waals surface area contributed by atoms with Crippen molar-refractivity contribution in [3.8, 4) is 5.75 Å². The van der Waals surface area contributed by atoms with Gasteiger partial charge in [-0.05, 0) is 42.0 Å². The molecule has 1 aliphatic rings. The SMILES string of the molecule is CC(=O)Oc1ccc(C=C2N=C(c3cccc(Cl)c3)OC2=O)cc1. The van der Waals surface area contributed by atoms with Crippen LogP contribution >= 0.6 is 11.6 Å². The molecule has 0 atom stereocenters. The number of benzene rings is 2. The first-order chi connectivity index (χ1) is 11.5. The fourth-order valence-electron chi connectivity index (χ4n) is 2.11. The van der Waals surface area contributed by atoms with Gasteiger partial charge in [-0.1, -0.05) is 29.8 Å². The highest BCUT2D eigenvalue weighted by Crippen LogP contribution is 2.22. The Morgan fingerprint density at radius 2 is 1.96 bits per heavy atom. The van der Waals surface area contributed by atoms with Gasteiger partial charge in [0.05, 0.1) is 0 Å². The zero-order valence-electron chi connectivity index (χ0n) is 12.7. The molecule has 0 saturated heterocycles. The zero-order valence-corrected chi connectivity index (χ0v) is 13.4. The molecule has 3 rings (SSSR count). The van der Waals surface area contributed by atoms with Crippen molar-refractivity contribution in [2.45, 2.75) is 6.92 Å². The van der Waals surface area contributed by atoms with E-state index >= 15 is 0 Å². The molecule has 0 bridgehead atoms. The van der Waals surface area contributed by atoms with Crippen LogP contribution in [0, 0.1) is 0 Å². The molecule has 2 aromatic carbocycles. The Kier molecular flexibility index (Phi) is 4.44. The van der Waals surface area contributed by atoms with E-state index in [4.69, 9.17) is 21.1 Å². The van der Waals surface area contributed by atoms with Crippen molar-refractivity contribution in [3.63, 3.8) is 0 Å². The second-order valence-electron chi connectivity index (χ2n) is 5.01. The van der Waals surface area contributed by atoms with Crippen LogP contribution in [-0.4, -0.2) is 17.8 Å². The minimum atomic E-state index is -0.533. The number of hydrogen-bond donors (Lipinski definition) is 0. The van der Waals surface area contributed by atoms with Crippen molar-refractivity contribution in [3.05, 3.63) is 70.4 Å². The van der Waals surface area contributed by atoms with E-state index < -0.39 is 11.9 Å². The van der Waals surface area contributed by atoms with Crippen LogP contribution in [0.1, 0.15) is 18.1 Å². The lowest BCUT2D eigenvalue weighted by atomic mass is 10.2. The maximum Gasteiger partial charge on any atom is 0.363 e. The molecule has 0 aliphatic carbocycles. The molecule has 6 heteroatoms. The van der Waals surface area contributed by atoms with Crippen molar-refractivity contribution in [2.24, 2.45) is 4.99 Å². The van der Waals surface area contributed by atoms with Gasteiger partial charge in [0, 0.05) is 17.5 Å². The molecule has 0 fully saturated rings. The van der Waals surface area contributed by atoms with Crippen LogP contribution in [0.3, 0.4) is 0 Å². The Morgan fingerprint density at radius 3 is 2.62 bits per heavy atom. The van der Waals surface area contributed by atoms with Crippen LogP contribution in [0.4, 0.5) is 0 Å². The smallest absolute Gasteiger partial charge is 0.363 e. The molecule has 0 saturated carbocycles. The number of aliphatic imine (C=N–C) groups is 1. The van der Waals surface area contributed by atoms with E-state index in [0.29, 0.717) is 16.3 Å². The monoisotopic (exact) mass is 341 g/mol. The van der Waals surface area contributed by atoms with Crippen LogP contribution in [0.5, 0.6) is 5.75 Å². The Bertz CT molecular complexity index is 869. The number of esters is 2. The number of ether oxygens (including phenoxy) is 2. The highest BCUT2D eigenvalue weighted by molar-refractivity contribution is 6.31. The second-order valence-corrected chi connectivity index (χ2v) is 5.45. The van der Waals surface area contributed by atoms with Crippen molar-refractivity contribution >= 4 is 35.5 Å². The molecule has 5 nitrogen and oxygen atoms in total. The first-order valence-corrected chi connectivity index (χ1v) is 7.46. The first kappa shape index (κ1) is 16.0. The van der Waals surface area contributed by atoms with Gasteiger partial charge in [0.25, 0.3) is 0 Å². The predicted molar refractivity (Wildman–Crippen MR) is 89.8 cm³/mol. The standard InChI is InChI=1S/C18H12ClNO4/c1-11(21)23-15-7-5-12(6-8-15)9-16-18(22)24-17(20-16)13-3-2-4-14(19)10-13/h2-10H,1H3. The molecule has 0 spiro atoms. The lowest BCUT2D eigenvalue weighted by molar-refractivity contribution is -0.132. The molecular weight excluding hydrogens is 330 g/mol. The molecule has 24 heavy (non-hydrogen) atoms. The largest absolute Gasteiger partial charge is 0.427 e. The van der Waals surface area contributed by atoms with Gasteiger partial charge in [0.15, 0.2) is 5.70 Å². The fourth-order valence-corrected chi connectivity index (χ4v) is 2.30. The molecule has 1 heterocycles. The third-order valence-electron chi connectivity index (χ3n) is 3.14. The van der Waals surface area contributed by atoms with Gasteiger partial charge < -0.3 is 9.47 Å². The summed E-state index contributed by atoms with van der Waals surface area (Å²) in [5.41, 5.74) is 1.55. The summed E-state index contributed by atoms with van der Waals surface area (Å²) in [5.74, 6) is -0.280. The van der Waals surface area contributed by atoms with Gasteiger partial charge in [-0.2, -0.15) is 0 Å². The molecule has 0 unspecified atom stereocenters. The summed E-state index contributed by atoms with van der Waals surface area (Å²) in [6.07, 6.45) is 1.59. The topological polar surface area (TPSA) is 65.0 Å². The number of hydrogen-bond acceptors (Lipinski definition) is 5. The molecule has 0 aromatic heterocycles. The summed E-state index contributed by atoms with van der Waals surface area (Å²) < 4.78 is 10.1. The van der Waals surface area contributed by atoms with Gasteiger partial charge >= 0.3 is 11.9 Å². The average molecular weight is 342 g/mol. The van der Waals surface area contributed by atoms with Gasteiger partial charge in [-0.15, -0.1) is 0 Å². The Labute approximate surface area is 143 Å². The van der Waals surface area contributed by atoms with E-state index in [1.807, 2.05) is 0 Å². The predicted octanol–water partition coefficient (Wildman–Crippen LogP) is 3.61. The van der Waals surface area contributed by atoms with Crippen LogP contribution in [0.25, 0.3) is 6.08 Å². The highest BCUT2D eigenvalue weighted by Gasteiger charge is 2.24. The van der Waals surface area contributed by atoms with E-state index in [9.17, 15) is 9.59 Å². The quantitative estimate of drug-likeness (QED) is 0.486.